The molecule has 0 radical (unpaired) electrons. The summed E-state index contributed by atoms with van der Waals surface area (Å²) in [5.41, 5.74) is 0. The molecule has 5 heteroatoms. The van der Waals surface area contributed by atoms with E-state index in [0.29, 0.717) is 13.1 Å². The van der Waals surface area contributed by atoms with E-state index in [1.807, 2.05) is 6.07 Å². The summed E-state index contributed by atoms with van der Waals surface area (Å²) in [5, 5.41) is 16.5. The predicted octanol–water partition coefficient (Wildman–Crippen LogP) is -0.111. The third-order valence-electron chi connectivity index (χ3n) is 1.50. The van der Waals surface area contributed by atoms with Gasteiger partial charge in [0.15, 0.2) is 0 Å². The van der Waals surface area contributed by atoms with Crippen LogP contribution in [0.1, 0.15) is 0 Å². The van der Waals surface area contributed by atoms with E-state index in [1.54, 1.807) is 0 Å². The molecule has 5 nitrogen and oxygen atoms in total. The SMILES string of the molecule is N#CCOC1CN(C(=O)O)C1. The second-order valence-corrected chi connectivity index (χ2v) is 2.28. The molecule has 1 fully saturated rings. The molecule has 1 aliphatic heterocycles. The third kappa shape index (κ3) is 1.82. The van der Waals surface area contributed by atoms with E-state index in [9.17, 15) is 4.79 Å². The molecule has 0 aliphatic carbocycles. The lowest BCUT2D eigenvalue weighted by Crippen LogP contribution is -2.54. The van der Waals surface area contributed by atoms with Gasteiger partial charge in [0.2, 0.25) is 0 Å². The molecule has 1 rings (SSSR count). The average molecular weight is 156 g/mol. The van der Waals surface area contributed by atoms with Crippen LogP contribution in [0.15, 0.2) is 0 Å². The van der Waals surface area contributed by atoms with E-state index in [2.05, 4.69) is 0 Å². The van der Waals surface area contributed by atoms with Crippen molar-refractivity contribution in [3.05, 3.63) is 0 Å². The van der Waals surface area contributed by atoms with Crippen molar-refractivity contribution in [2.24, 2.45) is 0 Å². The van der Waals surface area contributed by atoms with Crippen molar-refractivity contribution in [1.29, 1.82) is 5.26 Å². The second kappa shape index (κ2) is 3.21. The van der Waals surface area contributed by atoms with Gasteiger partial charge in [-0.15, -0.1) is 0 Å². The van der Waals surface area contributed by atoms with Gasteiger partial charge in [0.25, 0.3) is 0 Å². The standard InChI is InChI=1S/C6H8N2O3/c7-1-2-11-5-3-8(4-5)6(9)10/h5H,2-4H2,(H,9,10). The number of hydrogen-bond acceptors (Lipinski definition) is 3. The van der Waals surface area contributed by atoms with Crippen LogP contribution in [0.5, 0.6) is 0 Å². The van der Waals surface area contributed by atoms with Gasteiger partial charge in [0.05, 0.1) is 25.3 Å². The molecule has 1 saturated heterocycles. The zero-order valence-corrected chi connectivity index (χ0v) is 5.86. The molecule has 0 aromatic carbocycles. The lowest BCUT2D eigenvalue weighted by atomic mass is 10.2. The Labute approximate surface area is 63.8 Å². The molecular formula is C6H8N2O3. The number of carbonyl (C=O) groups is 1. The van der Waals surface area contributed by atoms with Gasteiger partial charge in [-0.2, -0.15) is 5.26 Å². The van der Waals surface area contributed by atoms with Crippen molar-refractivity contribution in [2.75, 3.05) is 19.7 Å². The number of hydrogen-bond donors (Lipinski definition) is 1. The zero-order chi connectivity index (χ0) is 8.27. The van der Waals surface area contributed by atoms with Crippen LogP contribution in [-0.2, 0) is 4.74 Å². The number of ether oxygens (including phenoxy) is 1. The Kier molecular flexibility index (Phi) is 2.28. The maximum Gasteiger partial charge on any atom is 0.407 e. The van der Waals surface area contributed by atoms with E-state index in [0.717, 1.165) is 0 Å². The highest BCUT2D eigenvalue weighted by atomic mass is 16.5. The highest BCUT2D eigenvalue weighted by Crippen LogP contribution is 2.10. The summed E-state index contributed by atoms with van der Waals surface area (Å²) in [6.45, 7) is 0.812. The predicted molar refractivity (Wildman–Crippen MR) is 35.0 cm³/mol. The first-order valence-corrected chi connectivity index (χ1v) is 3.20. The molecule has 0 spiro atoms. The molecular weight excluding hydrogens is 148 g/mol. The molecule has 0 bridgehead atoms. The van der Waals surface area contributed by atoms with Gasteiger partial charge in [-0.3, -0.25) is 0 Å². The van der Waals surface area contributed by atoms with Gasteiger partial charge in [-0.05, 0) is 0 Å². The van der Waals surface area contributed by atoms with Crippen molar-refractivity contribution < 1.29 is 14.6 Å². The van der Waals surface area contributed by atoms with E-state index >= 15 is 0 Å². The van der Waals surface area contributed by atoms with Gasteiger partial charge in [0, 0.05) is 0 Å². The number of carboxylic acid groups (broad SMARTS) is 1. The lowest BCUT2D eigenvalue weighted by Gasteiger charge is -2.35. The van der Waals surface area contributed by atoms with Crippen LogP contribution in [0.4, 0.5) is 4.79 Å². The van der Waals surface area contributed by atoms with Crippen LogP contribution in [0.25, 0.3) is 0 Å². The molecule has 0 saturated carbocycles. The summed E-state index contributed by atoms with van der Waals surface area (Å²) in [5.74, 6) is 0. The van der Waals surface area contributed by atoms with Gasteiger partial charge in [-0.25, -0.2) is 4.79 Å². The number of nitriles is 1. The van der Waals surface area contributed by atoms with Gasteiger partial charge in [0.1, 0.15) is 6.61 Å². The molecule has 1 N–H and O–H groups in total. The quantitative estimate of drug-likeness (QED) is 0.605. The number of rotatable bonds is 2. The van der Waals surface area contributed by atoms with Crippen molar-refractivity contribution >= 4 is 6.09 Å². The minimum Gasteiger partial charge on any atom is -0.465 e. The van der Waals surface area contributed by atoms with E-state index in [-0.39, 0.29) is 12.7 Å². The topological polar surface area (TPSA) is 73.6 Å². The van der Waals surface area contributed by atoms with Gasteiger partial charge < -0.3 is 14.7 Å². The Morgan fingerprint density at radius 3 is 2.91 bits per heavy atom. The van der Waals surface area contributed by atoms with E-state index < -0.39 is 6.09 Å². The fourth-order valence-electron chi connectivity index (χ4n) is 0.855. The Morgan fingerprint density at radius 2 is 2.45 bits per heavy atom. The van der Waals surface area contributed by atoms with Crippen LogP contribution in [0.3, 0.4) is 0 Å². The highest BCUT2D eigenvalue weighted by Gasteiger charge is 2.30. The molecule has 60 valence electrons. The van der Waals surface area contributed by atoms with Crippen LogP contribution in [0, 0.1) is 11.3 Å². The van der Waals surface area contributed by atoms with Crippen LogP contribution >= 0.6 is 0 Å². The van der Waals surface area contributed by atoms with E-state index in [4.69, 9.17) is 15.1 Å². The molecule has 1 aliphatic rings. The Bertz CT molecular complexity index is 192. The third-order valence-corrected chi connectivity index (χ3v) is 1.50. The molecule has 0 atom stereocenters. The van der Waals surface area contributed by atoms with Crippen molar-refractivity contribution in [1.82, 2.24) is 4.90 Å². The number of amides is 1. The first-order valence-electron chi connectivity index (χ1n) is 3.20. The van der Waals surface area contributed by atoms with Crippen LogP contribution < -0.4 is 0 Å². The van der Waals surface area contributed by atoms with E-state index in [1.165, 1.54) is 4.90 Å². The summed E-state index contributed by atoms with van der Waals surface area (Å²) < 4.78 is 4.94. The maximum atomic E-state index is 10.2. The Balaban J connectivity index is 2.10. The summed E-state index contributed by atoms with van der Waals surface area (Å²) in [7, 11) is 0. The summed E-state index contributed by atoms with van der Waals surface area (Å²) in [6.07, 6.45) is -1.01. The van der Waals surface area contributed by atoms with Crippen molar-refractivity contribution in [3.63, 3.8) is 0 Å². The van der Waals surface area contributed by atoms with Gasteiger partial charge >= 0.3 is 6.09 Å². The first-order chi connectivity index (χ1) is 5.24. The van der Waals surface area contributed by atoms with Crippen LogP contribution in [0.2, 0.25) is 0 Å². The second-order valence-electron chi connectivity index (χ2n) is 2.28. The molecule has 0 unspecified atom stereocenters. The smallest absolute Gasteiger partial charge is 0.407 e. The normalized spacial score (nSPS) is 17.2. The van der Waals surface area contributed by atoms with Crippen LogP contribution in [-0.4, -0.2) is 41.9 Å². The van der Waals surface area contributed by atoms with Crippen molar-refractivity contribution in [2.45, 2.75) is 6.10 Å². The lowest BCUT2D eigenvalue weighted by molar-refractivity contribution is -0.0320. The Hall–Kier alpha value is -1.28. The monoisotopic (exact) mass is 156 g/mol. The molecule has 0 aromatic rings. The maximum absolute atomic E-state index is 10.2. The summed E-state index contributed by atoms with van der Waals surface area (Å²) >= 11 is 0. The molecule has 1 heterocycles. The molecule has 11 heavy (non-hydrogen) atoms. The minimum absolute atomic E-state index is 0.0398. The largest absolute Gasteiger partial charge is 0.465 e. The fourth-order valence-corrected chi connectivity index (χ4v) is 0.855. The molecule has 0 aromatic heterocycles. The zero-order valence-electron chi connectivity index (χ0n) is 5.86. The number of nitrogens with zero attached hydrogens (tertiary/aromatic N) is 2. The fraction of sp³-hybridized carbons (Fsp3) is 0.667. The number of likely N-dealkylation sites (tertiary alicyclic amines) is 1. The summed E-state index contributed by atoms with van der Waals surface area (Å²) in [6, 6.07) is 1.82. The molecule has 1 amide bonds. The summed E-state index contributed by atoms with van der Waals surface area (Å²) in [4.78, 5) is 11.4. The van der Waals surface area contributed by atoms with Crippen molar-refractivity contribution in [3.8, 4) is 6.07 Å². The first kappa shape index (κ1) is 7.82. The Morgan fingerprint density at radius 1 is 1.82 bits per heavy atom. The van der Waals surface area contributed by atoms with Gasteiger partial charge in [-0.1, -0.05) is 0 Å². The average Bonchev–Trinajstić information content (AvgIpc) is 1.84. The highest BCUT2D eigenvalue weighted by molar-refractivity contribution is 5.66. The minimum atomic E-state index is -0.929.